The van der Waals surface area contributed by atoms with E-state index in [0.29, 0.717) is 18.8 Å². The largest absolute Gasteiger partial charge is 0.493 e. The lowest BCUT2D eigenvalue weighted by atomic mass is 10.3. The topological polar surface area (TPSA) is 83.9 Å². The molecule has 0 amide bonds. The number of benzene rings is 1. The lowest BCUT2D eigenvalue weighted by molar-refractivity contribution is -0.137. The minimum Gasteiger partial charge on any atom is -0.493 e. The zero-order chi connectivity index (χ0) is 15.2. The molecule has 0 saturated carbocycles. The van der Waals surface area contributed by atoms with E-state index in [4.69, 9.17) is 9.84 Å². The Bertz CT molecular complexity index is 534. The van der Waals surface area contributed by atoms with Crippen LogP contribution in [0.4, 0.5) is 0 Å². The van der Waals surface area contributed by atoms with E-state index in [1.807, 2.05) is 0 Å². The van der Waals surface area contributed by atoms with Crippen molar-refractivity contribution >= 4 is 16.0 Å². The molecule has 7 heteroatoms. The Hall–Kier alpha value is -1.60. The maximum atomic E-state index is 12.2. The molecule has 0 radical (unpaired) electrons. The highest BCUT2D eigenvalue weighted by atomic mass is 32.2. The molecule has 0 spiro atoms. The number of sulfonamides is 1. The fourth-order valence-corrected chi connectivity index (χ4v) is 3.13. The van der Waals surface area contributed by atoms with Gasteiger partial charge in [0.1, 0.15) is 5.75 Å². The van der Waals surface area contributed by atoms with Crippen molar-refractivity contribution in [3.8, 4) is 5.75 Å². The van der Waals surface area contributed by atoms with Crippen LogP contribution in [0.3, 0.4) is 0 Å². The van der Waals surface area contributed by atoms with Gasteiger partial charge in [0.2, 0.25) is 10.0 Å². The minimum absolute atomic E-state index is 0.0531. The van der Waals surface area contributed by atoms with E-state index in [0.717, 1.165) is 0 Å². The van der Waals surface area contributed by atoms with Gasteiger partial charge in [-0.3, -0.25) is 4.79 Å². The summed E-state index contributed by atoms with van der Waals surface area (Å²) in [7, 11) is -3.47. The Kier molecular flexibility index (Phi) is 5.97. The molecule has 6 nitrogen and oxygen atoms in total. The van der Waals surface area contributed by atoms with Crippen LogP contribution in [0.1, 0.15) is 20.3 Å². The van der Waals surface area contributed by atoms with E-state index in [9.17, 15) is 13.2 Å². The minimum atomic E-state index is -3.47. The molecule has 0 fully saturated rings. The Morgan fingerprint density at radius 2 is 1.75 bits per heavy atom. The first-order chi connectivity index (χ1) is 9.41. The predicted octanol–water partition coefficient (Wildman–Crippen LogP) is 1.57. The molecule has 0 heterocycles. The third kappa shape index (κ3) is 4.21. The van der Waals surface area contributed by atoms with Crippen molar-refractivity contribution in [1.82, 2.24) is 4.31 Å². The summed E-state index contributed by atoms with van der Waals surface area (Å²) in [6.45, 7) is 4.44. The van der Waals surface area contributed by atoms with E-state index >= 15 is 0 Å². The number of carboxylic acids is 1. The zero-order valence-electron chi connectivity index (χ0n) is 11.6. The molecular formula is C13H19NO5S. The summed E-state index contributed by atoms with van der Waals surface area (Å²) >= 11 is 0. The number of aliphatic carboxylic acids is 1. The van der Waals surface area contributed by atoms with Gasteiger partial charge >= 0.3 is 5.97 Å². The van der Waals surface area contributed by atoms with Crippen LogP contribution in [0.15, 0.2) is 29.2 Å². The summed E-state index contributed by atoms with van der Waals surface area (Å²) in [6.07, 6.45) is -0.0977. The summed E-state index contributed by atoms with van der Waals surface area (Å²) < 4.78 is 31.0. The van der Waals surface area contributed by atoms with Gasteiger partial charge in [-0.2, -0.15) is 4.31 Å². The smallest absolute Gasteiger partial charge is 0.306 e. The normalized spacial score (nSPS) is 11.6. The van der Waals surface area contributed by atoms with Crippen molar-refractivity contribution in [3.05, 3.63) is 24.3 Å². The molecule has 1 rings (SSSR count). The first kappa shape index (κ1) is 16.5. The Balaban J connectivity index is 2.78. The van der Waals surface area contributed by atoms with Gasteiger partial charge in [-0.05, 0) is 24.3 Å². The molecule has 0 aliphatic carbocycles. The standard InChI is InChI=1S/C13H19NO5S/c1-3-14(4-2)20(17,18)12-7-5-11(6-8-12)19-10-9-13(15)16/h5-8H,3-4,9-10H2,1-2H3,(H,15,16). The molecule has 20 heavy (non-hydrogen) atoms. The predicted molar refractivity (Wildman–Crippen MR) is 74.3 cm³/mol. The van der Waals surface area contributed by atoms with Crippen molar-refractivity contribution in [3.63, 3.8) is 0 Å². The first-order valence-corrected chi connectivity index (χ1v) is 7.80. The maximum absolute atomic E-state index is 12.2. The molecule has 1 aromatic carbocycles. The Morgan fingerprint density at radius 3 is 2.20 bits per heavy atom. The molecule has 0 bridgehead atoms. The third-order valence-corrected chi connectivity index (χ3v) is 4.82. The molecule has 1 N–H and O–H groups in total. The summed E-state index contributed by atoms with van der Waals surface area (Å²) in [5.41, 5.74) is 0. The van der Waals surface area contributed by atoms with Crippen LogP contribution in [0.5, 0.6) is 5.75 Å². The molecule has 0 saturated heterocycles. The van der Waals surface area contributed by atoms with Gasteiger partial charge in [0.15, 0.2) is 0 Å². The summed E-state index contributed by atoms with van der Waals surface area (Å²) in [6, 6.07) is 5.98. The van der Waals surface area contributed by atoms with Crippen LogP contribution in [0.25, 0.3) is 0 Å². The highest BCUT2D eigenvalue weighted by Gasteiger charge is 2.21. The number of carbonyl (C=O) groups is 1. The van der Waals surface area contributed by atoms with Gasteiger partial charge in [-0.1, -0.05) is 13.8 Å². The fourth-order valence-electron chi connectivity index (χ4n) is 1.68. The van der Waals surface area contributed by atoms with Gasteiger partial charge in [0.25, 0.3) is 0 Å². The van der Waals surface area contributed by atoms with Gasteiger partial charge < -0.3 is 9.84 Å². The molecular weight excluding hydrogens is 282 g/mol. The van der Waals surface area contributed by atoms with Crippen LogP contribution in [0.2, 0.25) is 0 Å². The number of carboxylic acid groups (broad SMARTS) is 1. The van der Waals surface area contributed by atoms with Crippen LogP contribution in [0, 0.1) is 0 Å². The fraction of sp³-hybridized carbons (Fsp3) is 0.462. The molecule has 0 aliphatic heterocycles. The molecule has 0 unspecified atom stereocenters. The van der Waals surface area contributed by atoms with Gasteiger partial charge in [-0.15, -0.1) is 0 Å². The average molecular weight is 301 g/mol. The van der Waals surface area contributed by atoms with E-state index in [1.54, 1.807) is 13.8 Å². The van der Waals surface area contributed by atoms with Gasteiger partial charge in [-0.25, -0.2) is 8.42 Å². The quantitative estimate of drug-likeness (QED) is 0.788. The van der Waals surface area contributed by atoms with Crippen molar-refractivity contribution in [2.45, 2.75) is 25.2 Å². The van der Waals surface area contributed by atoms with Crippen molar-refractivity contribution in [2.24, 2.45) is 0 Å². The van der Waals surface area contributed by atoms with E-state index in [-0.39, 0.29) is 17.9 Å². The maximum Gasteiger partial charge on any atom is 0.306 e. The molecule has 0 aliphatic rings. The summed E-state index contributed by atoms with van der Waals surface area (Å²) in [4.78, 5) is 10.6. The highest BCUT2D eigenvalue weighted by Crippen LogP contribution is 2.19. The second-order valence-electron chi connectivity index (χ2n) is 4.05. The first-order valence-electron chi connectivity index (χ1n) is 6.36. The van der Waals surface area contributed by atoms with Crippen LogP contribution in [-0.4, -0.2) is 43.5 Å². The van der Waals surface area contributed by atoms with Crippen molar-refractivity contribution < 1.29 is 23.1 Å². The van der Waals surface area contributed by atoms with E-state index < -0.39 is 16.0 Å². The number of ether oxygens (including phenoxy) is 1. The molecule has 0 aromatic heterocycles. The molecule has 1 aromatic rings. The van der Waals surface area contributed by atoms with E-state index in [2.05, 4.69) is 0 Å². The lowest BCUT2D eigenvalue weighted by Crippen LogP contribution is -2.30. The van der Waals surface area contributed by atoms with Crippen LogP contribution >= 0.6 is 0 Å². The summed E-state index contributed by atoms with van der Waals surface area (Å²) in [5.74, 6) is -0.490. The summed E-state index contributed by atoms with van der Waals surface area (Å²) in [5, 5.41) is 8.49. The van der Waals surface area contributed by atoms with Gasteiger partial charge in [0, 0.05) is 13.1 Å². The monoisotopic (exact) mass is 301 g/mol. The number of hydrogen-bond acceptors (Lipinski definition) is 4. The molecule has 0 atom stereocenters. The Labute approximate surface area is 119 Å². The van der Waals surface area contributed by atoms with Crippen LogP contribution < -0.4 is 4.74 Å². The third-order valence-electron chi connectivity index (χ3n) is 2.75. The Morgan fingerprint density at radius 1 is 1.20 bits per heavy atom. The lowest BCUT2D eigenvalue weighted by Gasteiger charge is -2.18. The number of rotatable bonds is 8. The molecule has 112 valence electrons. The zero-order valence-corrected chi connectivity index (χ0v) is 12.4. The number of hydrogen-bond donors (Lipinski definition) is 1. The average Bonchev–Trinajstić information content (AvgIpc) is 2.40. The second kappa shape index (κ2) is 7.25. The second-order valence-corrected chi connectivity index (χ2v) is 5.99. The van der Waals surface area contributed by atoms with E-state index in [1.165, 1.54) is 28.6 Å². The highest BCUT2D eigenvalue weighted by molar-refractivity contribution is 7.89. The SMILES string of the molecule is CCN(CC)S(=O)(=O)c1ccc(OCCC(=O)O)cc1. The number of nitrogens with zero attached hydrogens (tertiary/aromatic N) is 1. The van der Waals surface area contributed by atoms with Crippen molar-refractivity contribution in [2.75, 3.05) is 19.7 Å². The van der Waals surface area contributed by atoms with Crippen LogP contribution in [-0.2, 0) is 14.8 Å². The van der Waals surface area contributed by atoms with Gasteiger partial charge in [0.05, 0.1) is 17.9 Å². The van der Waals surface area contributed by atoms with Crippen molar-refractivity contribution in [1.29, 1.82) is 0 Å².